The standard InChI is InChI=1S/C14H11ClF3N/c1-7-2-3-8(4-10(7)15)14(19)9-5-11(16)13(18)12(17)6-9/h2-6,14H,19H2,1H3. The first-order valence-electron chi connectivity index (χ1n) is 5.56. The van der Waals surface area contributed by atoms with Crippen molar-refractivity contribution in [2.45, 2.75) is 13.0 Å². The number of benzene rings is 2. The van der Waals surface area contributed by atoms with Gasteiger partial charge in [-0.25, -0.2) is 13.2 Å². The molecule has 0 heterocycles. The van der Waals surface area contributed by atoms with Crippen LogP contribution in [0.2, 0.25) is 5.02 Å². The largest absolute Gasteiger partial charge is 0.320 e. The van der Waals surface area contributed by atoms with Crippen LogP contribution in [0.15, 0.2) is 30.3 Å². The van der Waals surface area contributed by atoms with Crippen LogP contribution >= 0.6 is 11.6 Å². The van der Waals surface area contributed by atoms with E-state index < -0.39 is 23.5 Å². The topological polar surface area (TPSA) is 26.0 Å². The van der Waals surface area contributed by atoms with Crippen molar-refractivity contribution in [3.8, 4) is 0 Å². The van der Waals surface area contributed by atoms with Crippen LogP contribution in [0.25, 0.3) is 0 Å². The van der Waals surface area contributed by atoms with E-state index in [9.17, 15) is 13.2 Å². The molecule has 0 aliphatic heterocycles. The molecule has 0 fully saturated rings. The third-order valence-corrected chi connectivity index (χ3v) is 3.33. The Bertz CT molecular complexity index is 605. The van der Waals surface area contributed by atoms with Crippen molar-refractivity contribution < 1.29 is 13.2 Å². The van der Waals surface area contributed by atoms with Gasteiger partial charge in [-0.3, -0.25) is 0 Å². The Kier molecular flexibility index (Phi) is 3.83. The Morgan fingerprint density at radius 2 is 1.58 bits per heavy atom. The molecule has 2 N–H and O–H groups in total. The zero-order valence-corrected chi connectivity index (χ0v) is 10.8. The van der Waals surface area contributed by atoms with Crippen molar-refractivity contribution in [3.05, 3.63) is 69.5 Å². The minimum absolute atomic E-state index is 0.149. The highest BCUT2D eigenvalue weighted by Crippen LogP contribution is 2.26. The van der Waals surface area contributed by atoms with Crippen LogP contribution in [0.5, 0.6) is 0 Å². The second-order valence-corrected chi connectivity index (χ2v) is 4.69. The van der Waals surface area contributed by atoms with E-state index in [1.807, 2.05) is 6.92 Å². The van der Waals surface area contributed by atoms with Crippen LogP contribution in [0.4, 0.5) is 13.2 Å². The second-order valence-electron chi connectivity index (χ2n) is 4.28. The van der Waals surface area contributed by atoms with E-state index in [2.05, 4.69) is 0 Å². The van der Waals surface area contributed by atoms with Crippen molar-refractivity contribution in [2.24, 2.45) is 5.73 Å². The monoisotopic (exact) mass is 285 g/mol. The SMILES string of the molecule is Cc1ccc(C(N)c2cc(F)c(F)c(F)c2)cc1Cl. The van der Waals surface area contributed by atoms with Crippen LogP contribution in [0.1, 0.15) is 22.7 Å². The number of nitrogens with two attached hydrogens (primary N) is 1. The van der Waals surface area contributed by atoms with Crippen molar-refractivity contribution in [2.75, 3.05) is 0 Å². The highest BCUT2D eigenvalue weighted by atomic mass is 35.5. The van der Waals surface area contributed by atoms with Gasteiger partial charge in [0, 0.05) is 5.02 Å². The molecule has 19 heavy (non-hydrogen) atoms. The van der Waals surface area contributed by atoms with Gasteiger partial charge in [-0.05, 0) is 41.8 Å². The third kappa shape index (κ3) is 2.74. The van der Waals surface area contributed by atoms with E-state index in [1.54, 1.807) is 18.2 Å². The molecule has 0 spiro atoms. The lowest BCUT2D eigenvalue weighted by Gasteiger charge is -2.14. The van der Waals surface area contributed by atoms with Crippen molar-refractivity contribution in [1.29, 1.82) is 0 Å². The maximum atomic E-state index is 13.2. The smallest absolute Gasteiger partial charge is 0.194 e. The van der Waals surface area contributed by atoms with E-state index in [0.717, 1.165) is 17.7 Å². The zero-order chi connectivity index (χ0) is 14.2. The van der Waals surface area contributed by atoms with Crippen LogP contribution in [0, 0.1) is 24.4 Å². The van der Waals surface area contributed by atoms with Gasteiger partial charge in [0.05, 0.1) is 6.04 Å². The van der Waals surface area contributed by atoms with Crippen molar-refractivity contribution in [3.63, 3.8) is 0 Å². The summed E-state index contributed by atoms with van der Waals surface area (Å²) in [6, 6.07) is 6.09. The fourth-order valence-electron chi connectivity index (χ4n) is 1.75. The van der Waals surface area contributed by atoms with Crippen LogP contribution in [0.3, 0.4) is 0 Å². The van der Waals surface area contributed by atoms with E-state index in [4.69, 9.17) is 17.3 Å². The predicted molar refractivity (Wildman–Crippen MR) is 68.5 cm³/mol. The average molecular weight is 286 g/mol. The molecule has 0 bridgehead atoms. The number of rotatable bonds is 2. The minimum Gasteiger partial charge on any atom is -0.320 e. The molecule has 5 heteroatoms. The summed E-state index contributed by atoms with van der Waals surface area (Å²) in [5.74, 6) is -4.02. The van der Waals surface area contributed by atoms with Crippen molar-refractivity contribution >= 4 is 11.6 Å². The summed E-state index contributed by atoms with van der Waals surface area (Å²) in [4.78, 5) is 0. The minimum atomic E-state index is -1.50. The molecule has 0 aliphatic carbocycles. The van der Waals surface area contributed by atoms with Gasteiger partial charge < -0.3 is 5.73 Å². The van der Waals surface area contributed by atoms with Crippen LogP contribution in [-0.2, 0) is 0 Å². The molecule has 0 saturated heterocycles. The van der Waals surface area contributed by atoms with E-state index in [-0.39, 0.29) is 5.56 Å². The fourth-order valence-corrected chi connectivity index (χ4v) is 1.94. The molecule has 100 valence electrons. The molecule has 0 radical (unpaired) electrons. The summed E-state index contributed by atoms with van der Waals surface area (Å²) in [7, 11) is 0. The summed E-state index contributed by atoms with van der Waals surface area (Å²) in [6.45, 7) is 1.83. The molecule has 1 unspecified atom stereocenters. The van der Waals surface area contributed by atoms with Gasteiger partial charge in [-0.1, -0.05) is 23.7 Å². The lowest BCUT2D eigenvalue weighted by molar-refractivity contribution is 0.444. The maximum Gasteiger partial charge on any atom is 0.194 e. The normalized spacial score (nSPS) is 12.5. The summed E-state index contributed by atoms with van der Waals surface area (Å²) in [5.41, 5.74) is 7.53. The van der Waals surface area contributed by atoms with Crippen LogP contribution in [-0.4, -0.2) is 0 Å². The van der Waals surface area contributed by atoms with Gasteiger partial charge in [0.25, 0.3) is 0 Å². The number of aryl methyl sites for hydroxylation is 1. The van der Waals surface area contributed by atoms with Gasteiger partial charge in [0.15, 0.2) is 17.5 Å². The molecule has 2 aromatic carbocycles. The van der Waals surface area contributed by atoms with Gasteiger partial charge in [0.2, 0.25) is 0 Å². The second kappa shape index (κ2) is 5.23. The maximum absolute atomic E-state index is 13.2. The molecule has 1 nitrogen and oxygen atoms in total. The molecular formula is C14H11ClF3N. The molecular weight excluding hydrogens is 275 g/mol. The van der Waals surface area contributed by atoms with E-state index in [1.165, 1.54) is 0 Å². The summed E-state index contributed by atoms with van der Waals surface area (Å²) in [5, 5.41) is 0.510. The van der Waals surface area contributed by atoms with Gasteiger partial charge in [0.1, 0.15) is 0 Å². The summed E-state index contributed by atoms with van der Waals surface area (Å²) in [6.07, 6.45) is 0. The van der Waals surface area contributed by atoms with Gasteiger partial charge in [-0.2, -0.15) is 0 Å². The summed E-state index contributed by atoms with van der Waals surface area (Å²) < 4.78 is 39.2. The van der Waals surface area contributed by atoms with E-state index in [0.29, 0.717) is 10.6 Å². The first kappa shape index (κ1) is 13.9. The molecule has 0 saturated carbocycles. The molecule has 0 aliphatic rings. The quantitative estimate of drug-likeness (QED) is 0.826. The zero-order valence-electron chi connectivity index (χ0n) is 10.1. The molecule has 0 amide bonds. The average Bonchev–Trinajstić information content (AvgIpc) is 2.37. The Labute approximate surface area is 113 Å². The number of hydrogen-bond acceptors (Lipinski definition) is 1. The molecule has 2 aromatic rings. The highest BCUT2D eigenvalue weighted by Gasteiger charge is 2.16. The summed E-state index contributed by atoms with van der Waals surface area (Å²) >= 11 is 5.97. The lowest BCUT2D eigenvalue weighted by atomic mass is 9.98. The first-order chi connectivity index (χ1) is 8.90. The van der Waals surface area contributed by atoms with Gasteiger partial charge >= 0.3 is 0 Å². The molecule has 2 rings (SSSR count). The van der Waals surface area contributed by atoms with Crippen molar-refractivity contribution in [1.82, 2.24) is 0 Å². The van der Waals surface area contributed by atoms with Gasteiger partial charge in [-0.15, -0.1) is 0 Å². The number of hydrogen-bond donors (Lipinski definition) is 1. The highest BCUT2D eigenvalue weighted by molar-refractivity contribution is 6.31. The molecule has 0 aromatic heterocycles. The third-order valence-electron chi connectivity index (χ3n) is 2.92. The predicted octanol–water partition coefficient (Wildman–Crippen LogP) is 4.11. The lowest BCUT2D eigenvalue weighted by Crippen LogP contribution is -2.13. The Morgan fingerprint density at radius 1 is 1.00 bits per heavy atom. The fraction of sp³-hybridized carbons (Fsp3) is 0.143. The van der Waals surface area contributed by atoms with Crippen LogP contribution < -0.4 is 5.73 Å². The molecule has 1 atom stereocenters. The Balaban J connectivity index is 2.43. The number of halogens is 4. The van der Waals surface area contributed by atoms with E-state index >= 15 is 0 Å². The Morgan fingerprint density at radius 3 is 2.11 bits per heavy atom. The Hall–Kier alpha value is -1.52. The first-order valence-corrected chi connectivity index (χ1v) is 5.94.